The van der Waals surface area contributed by atoms with E-state index in [1.165, 1.54) is 16.8 Å². The smallest absolute Gasteiger partial charge is 0 e. The minimum Gasteiger partial charge on any atom is -1.00 e. The molecule has 0 unspecified atom stereocenters. The summed E-state index contributed by atoms with van der Waals surface area (Å²) in [5.74, 6) is 0. The summed E-state index contributed by atoms with van der Waals surface area (Å²) in [6.45, 7) is 13.8. The van der Waals surface area contributed by atoms with Gasteiger partial charge in [0.1, 0.15) is 0 Å². The molecule has 82 valence electrons. The molecule has 0 aromatic carbocycles. The Morgan fingerprint density at radius 2 is 1.29 bits per heavy atom. The van der Waals surface area contributed by atoms with E-state index in [4.69, 9.17) is 0 Å². The second kappa shape index (κ2) is 5.87. The Morgan fingerprint density at radius 1 is 0.929 bits per heavy atom. The molecule has 1 aliphatic rings. The maximum Gasteiger partial charge on any atom is 0 e. The summed E-state index contributed by atoms with van der Waals surface area (Å²) in [4.78, 5) is 0. The molecule has 0 aliphatic carbocycles. The summed E-state index contributed by atoms with van der Waals surface area (Å²) in [6, 6.07) is 0. The Balaban J connectivity index is 0. The summed E-state index contributed by atoms with van der Waals surface area (Å²) in [6.07, 6.45) is 0. The van der Waals surface area contributed by atoms with Crippen LogP contribution in [0.1, 0.15) is 41.5 Å². The van der Waals surface area contributed by atoms with Gasteiger partial charge in [-0.25, -0.2) is 0 Å². The minimum atomic E-state index is 0. The van der Waals surface area contributed by atoms with E-state index in [9.17, 15) is 0 Å². The van der Waals surface area contributed by atoms with E-state index in [2.05, 4.69) is 41.5 Å². The minimum absolute atomic E-state index is 0. The monoisotopic (exact) mass is 356 g/mol. The Labute approximate surface area is 116 Å². The topological polar surface area (TPSA) is 0 Å². The second-order valence-corrected chi connectivity index (χ2v) is 8.31. The Hall–Kier alpha value is 1.71. The number of rotatable bonds is 0. The van der Waals surface area contributed by atoms with Crippen molar-refractivity contribution in [1.29, 1.82) is 0 Å². The quantitative estimate of drug-likeness (QED) is 0.452. The first-order valence-corrected chi connectivity index (χ1v) is 6.18. The zero-order chi connectivity index (χ0) is 9.57. The average Bonchev–Trinajstić information content (AvgIpc) is 1.46. The summed E-state index contributed by atoms with van der Waals surface area (Å²) in [7, 11) is 3.04. The molecule has 1 aliphatic heterocycles. The van der Waals surface area contributed by atoms with Crippen molar-refractivity contribution in [2.45, 2.75) is 41.5 Å². The molecule has 0 saturated heterocycles. The van der Waals surface area contributed by atoms with Gasteiger partial charge < -0.3 is 21.0 Å². The zero-order valence-corrected chi connectivity index (χ0v) is 14.8. The van der Waals surface area contributed by atoms with E-state index in [-0.39, 0.29) is 36.8 Å². The predicted octanol–water partition coefficient (Wildman–Crippen LogP) is 1.23. The summed E-state index contributed by atoms with van der Waals surface area (Å²) < 4.78 is 0. The molecule has 0 N–H and O–H groups in total. The van der Waals surface area contributed by atoms with E-state index in [1.54, 1.807) is 10.4 Å². The molecule has 0 spiro atoms. The normalized spacial score (nSPS) is 20.3. The van der Waals surface area contributed by atoms with Gasteiger partial charge >= 0.3 is 0 Å². The molecule has 0 aromatic heterocycles. The molecule has 14 heavy (non-hydrogen) atoms. The van der Waals surface area contributed by atoms with Crippen LogP contribution >= 0.6 is 16.8 Å². The van der Waals surface area contributed by atoms with Crippen LogP contribution in [0.5, 0.6) is 0 Å². The van der Waals surface area contributed by atoms with Crippen LogP contribution in [0.3, 0.4) is 0 Å². The first-order chi connectivity index (χ1) is 5.21. The SMILES string of the molecule is CC(C)(C)[C]1P=C(C(C)(C)C)[P-]1.[Cl-].[Sb]. The molecule has 0 bridgehead atoms. The number of halogens is 1. The maximum absolute atomic E-state index is 2.31. The molecule has 4 heteroatoms. The van der Waals surface area contributed by atoms with E-state index < -0.39 is 0 Å². The molecule has 0 nitrogen and oxygen atoms in total. The molecule has 0 saturated carbocycles. The van der Waals surface area contributed by atoms with Crippen LogP contribution in [0.2, 0.25) is 0 Å². The molecule has 4 radical (unpaired) electrons. The van der Waals surface area contributed by atoms with Gasteiger partial charge in [0.25, 0.3) is 0 Å². The van der Waals surface area contributed by atoms with Crippen molar-refractivity contribution in [3.05, 3.63) is 5.40 Å². The van der Waals surface area contributed by atoms with Crippen molar-refractivity contribution in [3.63, 3.8) is 0 Å². The Morgan fingerprint density at radius 3 is 1.50 bits per heavy atom. The number of hydrogen-bond acceptors (Lipinski definition) is 0. The van der Waals surface area contributed by atoms with Crippen molar-refractivity contribution < 1.29 is 12.4 Å². The fraction of sp³-hybridized carbons (Fsp3) is 0.800. The fourth-order valence-electron chi connectivity index (χ4n) is 0.877. The summed E-state index contributed by atoms with van der Waals surface area (Å²) in [5.41, 5.74) is 0.829. The molecular weight excluding hydrogens is 339 g/mol. The van der Waals surface area contributed by atoms with Crippen LogP contribution in [0.25, 0.3) is 0 Å². The van der Waals surface area contributed by atoms with Crippen molar-refractivity contribution in [3.8, 4) is 0 Å². The van der Waals surface area contributed by atoms with E-state index in [1.807, 2.05) is 0 Å². The van der Waals surface area contributed by atoms with Crippen LogP contribution in [0, 0.1) is 16.2 Å². The second-order valence-electron chi connectivity index (χ2n) is 5.37. The Kier molecular flexibility index (Phi) is 7.58. The molecule has 1 rings (SSSR count). The van der Waals surface area contributed by atoms with E-state index >= 15 is 0 Å². The third kappa shape index (κ3) is 4.70. The molecular formula is C10H18ClP2Sb-2. The summed E-state index contributed by atoms with van der Waals surface area (Å²) >= 11 is 0. The van der Waals surface area contributed by atoms with Crippen molar-refractivity contribution in [2.24, 2.45) is 10.8 Å². The van der Waals surface area contributed by atoms with Gasteiger partial charge in [-0.05, 0) is 5.41 Å². The van der Waals surface area contributed by atoms with Gasteiger partial charge in [-0.1, -0.05) is 47.0 Å². The van der Waals surface area contributed by atoms with Crippen LogP contribution in [0.15, 0.2) is 0 Å². The first kappa shape index (κ1) is 18.1. The molecule has 0 fully saturated rings. The molecule has 0 amide bonds. The molecule has 0 aromatic rings. The van der Waals surface area contributed by atoms with Gasteiger partial charge in [0.2, 0.25) is 0 Å². The molecule has 0 atom stereocenters. The third-order valence-electron chi connectivity index (χ3n) is 1.77. The van der Waals surface area contributed by atoms with Crippen LogP contribution in [-0.4, -0.2) is 29.5 Å². The fourth-order valence-corrected chi connectivity index (χ4v) is 3.53. The summed E-state index contributed by atoms with van der Waals surface area (Å²) in [5, 5.41) is 3.35. The van der Waals surface area contributed by atoms with Gasteiger partial charge in [0.05, 0.1) is 0 Å². The first-order valence-electron chi connectivity index (χ1n) is 4.39. The standard InChI is InChI=1S/C10H18P2.ClH.Sb/c1-9(2,3)7-11-8(12-7)10(4,5)6;;/h1-6H3;1H;/q-1;;/p-1. The van der Waals surface area contributed by atoms with E-state index in [0.29, 0.717) is 10.8 Å². The number of hydrogen-bond donors (Lipinski definition) is 0. The zero-order valence-electron chi connectivity index (χ0n) is 9.72. The maximum atomic E-state index is 2.31. The average molecular weight is 357 g/mol. The van der Waals surface area contributed by atoms with Crippen molar-refractivity contribution in [1.82, 2.24) is 0 Å². The van der Waals surface area contributed by atoms with Gasteiger partial charge in [0, 0.05) is 24.4 Å². The molecule has 1 heterocycles. The van der Waals surface area contributed by atoms with Gasteiger partial charge in [-0.15, -0.1) is 5.40 Å². The Bertz CT molecular complexity index is 213. The van der Waals surface area contributed by atoms with Crippen molar-refractivity contribution in [2.75, 3.05) is 0 Å². The third-order valence-corrected chi connectivity index (χ3v) is 6.50. The van der Waals surface area contributed by atoms with Crippen LogP contribution in [-0.2, 0) is 0 Å². The largest absolute Gasteiger partial charge is 1.00 e. The van der Waals surface area contributed by atoms with Gasteiger partial charge in [0.15, 0.2) is 0 Å². The van der Waals surface area contributed by atoms with Gasteiger partial charge in [-0.3, -0.25) is 0 Å². The van der Waals surface area contributed by atoms with E-state index in [0.717, 1.165) is 0 Å². The van der Waals surface area contributed by atoms with Gasteiger partial charge in [-0.2, -0.15) is 13.2 Å². The van der Waals surface area contributed by atoms with Crippen molar-refractivity contribution >= 4 is 46.2 Å². The predicted molar refractivity (Wildman–Crippen MR) is 66.8 cm³/mol. The van der Waals surface area contributed by atoms with Crippen LogP contribution in [0.4, 0.5) is 0 Å². The van der Waals surface area contributed by atoms with Crippen LogP contribution < -0.4 is 12.4 Å².